The minimum atomic E-state index is -0.150. The predicted molar refractivity (Wildman–Crippen MR) is 228 cm³/mol. The Morgan fingerprint density at radius 3 is 1.17 bits per heavy atom. The summed E-state index contributed by atoms with van der Waals surface area (Å²) < 4.78 is 0. The summed E-state index contributed by atoms with van der Waals surface area (Å²) in [6, 6.07) is 67.9. The van der Waals surface area contributed by atoms with Crippen molar-refractivity contribution in [1.29, 1.82) is 0 Å². The summed E-state index contributed by atoms with van der Waals surface area (Å²) >= 11 is 0. The van der Waals surface area contributed by atoms with Crippen LogP contribution in [0.15, 0.2) is 182 Å². The average molecular weight is 673 g/mol. The van der Waals surface area contributed by atoms with Crippen LogP contribution < -0.4 is 0 Å². The summed E-state index contributed by atoms with van der Waals surface area (Å²) in [5.74, 6) is 0. The molecule has 0 aromatic heterocycles. The fourth-order valence-corrected chi connectivity index (χ4v) is 9.43. The molecule has 0 spiro atoms. The van der Waals surface area contributed by atoms with Crippen LogP contribution in [0.5, 0.6) is 0 Å². The average Bonchev–Trinajstić information content (AvgIpc) is 3.44. The first-order valence-corrected chi connectivity index (χ1v) is 18.7. The highest BCUT2D eigenvalue weighted by Crippen LogP contribution is 2.52. The molecule has 0 amide bonds. The van der Waals surface area contributed by atoms with E-state index in [0.717, 1.165) is 0 Å². The summed E-state index contributed by atoms with van der Waals surface area (Å²) in [6.07, 6.45) is 0. The SMILES string of the molecule is CC1(C)c2cc(-c3ccc(-c4cc5ccccc5c5ccccc45)c4ccccc34)ccc2-c2ccc(-c3cc4ccccc4c4ccccc34)cc21. The third-order valence-electron chi connectivity index (χ3n) is 12.0. The van der Waals surface area contributed by atoms with E-state index in [-0.39, 0.29) is 5.41 Å². The van der Waals surface area contributed by atoms with Crippen molar-refractivity contribution in [2.45, 2.75) is 19.3 Å². The third-order valence-corrected chi connectivity index (χ3v) is 12.0. The van der Waals surface area contributed by atoms with Crippen LogP contribution in [0.2, 0.25) is 0 Å². The fraction of sp³-hybridized carbons (Fsp3) is 0.0566. The van der Waals surface area contributed by atoms with Crippen molar-refractivity contribution in [2.24, 2.45) is 0 Å². The van der Waals surface area contributed by atoms with Crippen LogP contribution in [0.1, 0.15) is 25.0 Å². The van der Waals surface area contributed by atoms with Gasteiger partial charge in [0.25, 0.3) is 0 Å². The second kappa shape index (κ2) is 11.2. The molecule has 0 nitrogen and oxygen atoms in total. The minimum Gasteiger partial charge on any atom is -0.0616 e. The van der Waals surface area contributed by atoms with E-state index < -0.39 is 0 Å². The van der Waals surface area contributed by atoms with Gasteiger partial charge in [0.1, 0.15) is 0 Å². The molecule has 10 aromatic rings. The number of fused-ring (bicyclic) bond motifs is 10. The zero-order valence-corrected chi connectivity index (χ0v) is 29.8. The normalized spacial score (nSPS) is 13.2. The lowest BCUT2D eigenvalue weighted by Gasteiger charge is -2.23. The van der Waals surface area contributed by atoms with Crippen molar-refractivity contribution < 1.29 is 0 Å². The van der Waals surface area contributed by atoms with Gasteiger partial charge in [0.05, 0.1) is 0 Å². The first-order valence-electron chi connectivity index (χ1n) is 18.7. The fourth-order valence-electron chi connectivity index (χ4n) is 9.43. The maximum atomic E-state index is 2.47. The lowest BCUT2D eigenvalue weighted by molar-refractivity contribution is 0.661. The summed E-state index contributed by atoms with van der Waals surface area (Å²) in [5.41, 5.74) is 13.0. The Morgan fingerprint density at radius 2 is 0.623 bits per heavy atom. The predicted octanol–water partition coefficient (Wildman–Crippen LogP) is 14.8. The third kappa shape index (κ3) is 4.42. The van der Waals surface area contributed by atoms with Gasteiger partial charge in [-0.15, -0.1) is 0 Å². The van der Waals surface area contributed by atoms with Crippen LogP contribution >= 0.6 is 0 Å². The summed E-state index contributed by atoms with van der Waals surface area (Å²) in [5, 5.41) is 12.9. The van der Waals surface area contributed by atoms with Gasteiger partial charge in [0.2, 0.25) is 0 Å². The molecule has 10 aromatic carbocycles. The molecule has 0 atom stereocenters. The minimum absolute atomic E-state index is 0.150. The largest absolute Gasteiger partial charge is 0.0616 e. The Kier molecular flexibility index (Phi) is 6.40. The highest BCUT2D eigenvalue weighted by molar-refractivity contribution is 6.17. The van der Waals surface area contributed by atoms with Crippen LogP contribution in [-0.4, -0.2) is 0 Å². The van der Waals surface area contributed by atoms with E-state index in [4.69, 9.17) is 0 Å². The van der Waals surface area contributed by atoms with Crippen molar-refractivity contribution in [3.8, 4) is 44.5 Å². The summed E-state index contributed by atoms with van der Waals surface area (Å²) in [6.45, 7) is 4.80. The molecule has 0 fully saturated rings. The molecule has 0 heteroatoms. The summed E-state index contributed by atoms with van der Waals surface area (Å²) in [7, 11) is 0. The molecule has 11 rings (SSSR count). The maximum absolute atomic E-state index is 2.47. The smallest absolute Gasteiger partial charge is 0.0159 e. The van der Waals surface area contributed by atoms with Gasteiger partial charge in [-0.25, -0.2) is 0 Å². The Morgan fingerprint density at radius 1 is 0.264 bits per heavy atom. The van der Waals surface area contributed by atoms with E-state index in [1.165, 1.54) is 109 Å². The number of benzene rings is 10. The van der Waals surface area contributed by atoms with Crippen molar-refractivity contribution in [3.63, 3.8) is 0 Å². The van der Waals surface area contributed by atoms with Crippen LogP contribution in [0.3, 0.4) is 0 Å². The van der Waals surface area contributed by atoms with Gasteiger partial charge in [0, 0.05) is 5.41 Å². The van der Waals surface area contributed by atoms with Gasteiger partial charge in [0.15, 0.2) is 0 Å². The molecular weight excluding hydrogens is 637 g/mol. The van der Waals surface area contributed by atoms with Crippen LogP contribution in [0.25, 0.3) is 98.4 Å². The molecule has 0 aliphatic heterocycles. The molecular formula is C53H36. The van der Waals surface area contributed by atoms with Crippen molar-refractivity contribution >= 4 is 53.9 Å². The number of hydrogen-bond acceptors (Lipinski definition) is 0. The Balaban J connectivity index is 1.04. The van der Waals surface area contributed by atoms with E-state index in [9.17, 15) is 0 Å². The van der Waals surface area contributed by atoms with Crippen molar-refractivity contribution in [2.75, 3.05) is 0 Å². The first kappa shape index (κ1) is 30.2. The molecule has 1 aliphatic rings. The first-order chi connectivity index (χ1) is 26.0. The standard InChI is InChI=1S/C53H36/c1-53(2)51-31-35(23-25-47(51)48-26-24-36(32-52(48)53)49-29-33-13-3-5-15-37(33)40-17-8-11-21-44(40)49)39-27-28-46(43-20-10-7-19-42(39)43)50-30-34-14-4-6-16-38(34)41-18-9-12-22-45(41)50/h3-32H,1-2H3. The van der Waals surface area contributed by atoms with Crippen molar-refractivity contribution in [1.82, 2.24) is 0 Å². The molecule has 0 saturated carbocycles. The highest BCUT2D eigenvalue weighted by atomic mass is 14.4. The van der Waals surface area contributed by atoms with Crippen LogP contribution in [0, 0.1) is 0 Å². The molecule has 0 saturated heterocycles. The molecule has 0 unspecified atom stereocenters. The van der Waals surface area contributed by atoms with E-state index in [2.05, 4.69) is 196 Å². The second-order valence-electron chi connectivity index (χ2n) is 15.2. The van der Waals surface area contributed by atoms with E-state index in [1.807, 2.05) is 0 Å². The maximum Gasteiger partial charge on any atom is 0.0159 e. The Bertz CT molecular complexity index is 3140. The summed E-state index contributed by atoms with van der Waals surface area (Å²) in [4.78, 5) is 0. The molecule has 53 heavy (non-hydrogen) atoms. The van der Waals surface area contributed by atoms with Crippen LogP contribution in [0.4, 0.5) is 0 Å². The molecule has 248 valence electrons. The van der Waals surface area contributed by atoms with Gasteiger partial charge in [-0.05, 0) is 134 Å². The lowest BCUT2D eigenvalue weighted by atomic mass is 9.80. The van der Waals surface area contributed by atoms with E-state index >= 15 is 0 Å². The van der Waals surface area contributed by atoms with Crippen LogP contribution in [-0.2, 0) is 5.41 Å². The molecule has 0 bridgehead atoms. The molecule has 0 N–H and O–H groups in total. The van der Waals surface area contributed by atoms with Crippen molar-refractivity contribution in [3.05, 3.63) is 193 Å². The van der Waals surface area contributed by atoms with Gasteiger partial charge >= 0.3 is 0 Å². The Labute approximate surface area is 309 Å². The van der Waals surface area contributed by atoms with E-state index in [1.54, 1.807) is 0 Å². The van der Waals surface area contributed by atoms with Gasteiger partial charge in [-0.3, -0.25) is 0 Å². The topological polar surface area (TPSA) is 0 Å². The number of rotatable bonds is 3. The molecule has 0 heterocycles. The zero-order valence-electron chi connectivity index (χ0n) is 29.8. The monoisotopic (exact) mass is 672 g/mol. The van der Waals surface area contributed by atoms with Gasteiger partial charge < -0.3 is 0 Å². The second-order valence-corrected chi connectivity index (χ2v) is 15.2. The van der Waals surface area contributed by atoms with E-state index in [0.29, 0.717) is 0 Å². The molecule has 1 aliphatic carbocycles. The highest BCUT2D eigenvalue weighted by Gasteiger charge is 2.36. The molecule has 0 radical (unpaired) electrons. The lowest BCUT2D eigenvalue weighted by Crippen LogP contribution is -2.15. The number of hydrogen-bond donors (Lipinski definition) is 0. The Hall–Kier alpha value is -6.50. The van der Waals surface area contributed by atoms with Gasteiger partial charge in [-0.1, -0.05) is 172 Å². The zero-order chi connectivity index (χ0) is 35.3. The quantitative estimate of drug-likeness (QED) is 0.164. The van der Waals surface area contributed by atoms with Gasteiger partial charge in [-0.2, -0.15) is 0 Å².